The number of nitrogens with one attached hydrogen (secondary N) is 1. The number of aryl methyl sites for hydroxylation is 3. The monoisotopic (exact) mass is 265 g/mol. The predicted molar refractivity (Wildman–Crippen MR) is 71.9 cm³/mol. The van der Waals surface area contributed by atoms with Crippen LogP contribution in [0.5, 0.6) is 0 Å². The van der Waals surface area contributed by atoms with E-state index >= 15 is 0 Å². The van der Waals surface area contributed by atoms with Crippen molar-refractivity contribution >= 4 is 11.3 Å². The van der Waals surface area contributed by atoms with Crippen LogP contribution in [0.3, 0.4) is 0 Å². The highest BCUT2D eigenvalue weighted by Gasteiger charge is 2.20. The van der Waals surface area contributed by atoms with Gasteiger partial charge in [-0.05, 0) is 44.0 Å². The molecule has 2 aromatic rings. The lowest BCUT2D eigenvalue weighted by molar-refractivity contribution is 0.605. The summed E-state index contributed by atoms with van der Waals surface area (Å²) in [5.41, 5.74) is 5.55. The van der Waals surface area contributed by atoms with E-state index in [1.807, 2.05) is 20.8 Å². The number of aromatic nitrogens is 1. The predicted octanol–water partition coefficient (Wildman–Crippen LogP) is 2.76. The van der Waals surface area contributed by atoms with Crippen LogP contribution < -0.4 is 11.3 Å². The molecular weight excluding hydrogens is 249 g/mol. The molecule has 0 bridgehead atoms. The van der Waals surface area contributed by atoms with Crippen LogP contribution in [-0.4, -0.2) is 4.98 Å². The van der Waals surface area contributed by atoms with Crippen molar-refractivity contribution in [1.82, 2.24) is 10.4 Å². The maximum atomic E-state index is 13.4. The van der Waals surface area contributed by atoms with E-state index in [1.165, 1.54) is 12.1 Å². The number of hydrazine groups is 1. The Morgan fingerprint density at radius 2 is 2.06 bits per heavy atom. The van der Waals surface area contributed by atoms with Gasteiger partial charge in [0.05, 0.1) is 21.6 Å². The fourth-order valence-electron chi connectivity index (χ4n) is 2.04. The third-order valence-corrected chi connectivity index (χ3v) is 4.06. The summed E-state index contributed by atoms with van der Waals surface area (Å²) in [6.45, 7) is 5.84. The van der Waals surface area contributed by atoms with Gasteiger partial charge >= 0.3 is 0 Å². The van der Waals surface area contributed by atoms with E-state index in [0.717, 1.165) is 26.7 Å². The molecule has 2 rings (SSSR count). The smallest absolute Gasteiger partial charge is 0.123 e. The zero-order valence-electron chi connectivity index (χ0n) is 10.6. The first-order valence-electron chi connectivity index (χ1n) is 5.69. The minimum absolute atomic E-state index is 0.216. The normalized spacial score (nSPS) is 12.7. The van der Waals surface area contributed by atoms with Gasteiger partial charge in [0.25, 0.3) is 0 Å². The highest BCUT2D eigenvalue weighted by Crippen LogP contribution is 2.31. The van der Waals surface area contributed by atoms with Gasteiger partial charge in [0.2, 0.25) is 0 Å². The fourth-order valence-corrected chi connectivity index (χ4v) is 3.05. The molecular formula is C13H16FN3S. The van der Waals surface area contributed by atoms with Gasteiger partial charge in [0, 0.05) is 0 Å². The van der Waals surface area contributed by atoms with Gasteiger partial charge in [0.1, 0.15) is 5.82 Å². The Morgan fingerprint density at radius 1 is 1.33 bits per heavy atom. The second kappa shape index (κ2) is 5.14. The third kappa shape index (κ3) is 2.43. The van der Waals surface area contributed by atoms with Crippen molar-refractivity contribution in [2.75, 3.05) is 0 Å². The van der Waals surface area contributed by atoms with Crippen LogP contribution in [0.4, 0.5) is 4.39 Å². The largest absolute Gasteiger partial charge is 0.271 e. The number of hydrogen-bond donors (Lipinski definition) is 2. The van der Waals surface area contributed by atoms with Crippen molar-refractivity contribution < 1.29 is 4.39 Å². The van der Waals surface area contributed by atoms with E-state index in [-0.39, 0.29) is 11.9 Å². The lowest BCUT2D eigenvalue weighted by Gasteiger charge is -2.17. The minimum atomic E-state index is -0.255. The summed E-state index contributed by atoms with van der Waals surface area (Å²) < 4.78 is 13.4. The first kappa shape index (κ1) is 13.1. The number of halogens is 1. The standard InChI is InChI=1S/C13H16FN3S/c1-7-4-5-10(14)6-11(7)12(17-15)13-8(2)16-9(3)18-13/h4-6,12,17H,15H2,1-3H3. The molecule has 0 aliphatic rings. The van der Waals surface area contributed by atoms with Crippen LogP contribution in [-0.2, 0) is 0 Å². The molecule has 1 aromatic carbocycles. The minimum Gasteiger partial charge on any atom is -0.271 e. The first-order valence-corrected chi connectivity index (χ1v) is 6.50. The third-order valence-electron chi connectivity index (χ3n) is 2.92. The number of nitrogens with zero attached hydrogens (tertiary/aromatic N) is 1. The van der Waals surface area contributed by atoms with Crippen LogP contribution in [0, 0.1) is 26.6 Å². The number of benzene rings is 1. The summed E-state index contributed by atoms with van der Waals surface area (Å²) in [5, 5.41) is 0.983. The van der Waals surface area contributed by atoms with E-state index in [9.17, 15) is 4.39 Å². The van der Waals surface area contributed by atoms with Gasteiger partial charge in [-0.1, -0.05) is 6.07 Å². The maximum absolute atomic E-state index is 13.4. The van der Waals surface area contributed by atoms with Crippen molar-refractivity contribution in [1.29, 1.82) is 0 Å². The van der Waals surface area contributed by atoms with Crippen LogP contribution in [0.25, 0.3) is 0 Å². The highest BCUT2D eigenvalue weighted by molar-refractivity contribution is 7.11. The fraction of sp³-hybridized carbons (Fsp3) is 0.308. The molecule has 5 heteroatoms. The Morgan fingerprint density at radius 3 is 2.61 bits per heavy atom. The van der Waals surface area contributed by atoms with Crippen molar-refractivity contribution in [3.8, 4) is 0 Å². The van der Waals surface area contributed by atoms with Gasteiger partial charge in [0.15, 0.2) is 0 Å². The Labute approximate surface area is 110 Å². The molecule has 1 heterocycles. The summed E-state index contributed by atoms with van der Waals surface area (Å²) in [5.74, 6) is 5.39. The van der Waals surface area contributed by atoms with E-state index < -0.39 is 0 Å². The molecule has 18 heavy (non-hydrogen) atoms. The maximum Gasteiger partial charge on any atom is 0.123 e. The first-order chi connectivity index (χ1) is 8.52. The molecule has 0 spiro atoms. The van der Waals surface area contributed by atoms with Gasteiger partial charge in [-0.2, -0.15) is 0 Å². The van der Waals surface area contributed by atoms with Gasteiger partial charge < -0.3 is 0 Å². The van der Waals surface area contributed by atoms with Crippen molar-refractivity contribution in [2.24, 2.45) is 5.84 Å². The zero-order chi connectivity index (χ0) is 13.3. The molecule has 1 atom stereocenters. The molecule has 96 valence electrons. The van der Waals surface area contributed by atoms with Crippen molar-refractivity contribution in [3.63, 3.8) is 0 Å². The van der Waals surface area contributed by atoms with E-state index in [4.69, 9.17) is 5.84 Å². The second-order valence-electron chi connectivity index (χ2n) is 4.28. The lowest BCUT2D eigenvalue weighted by Crippen LogP contribution is -2.29. The van der Waals surface area contributed by atoms with Crippen LogP contribution in [0.2, 0.25) is 0 Å². The van der Waals surface area contributed by atoms with E-state index in [0.29, 0.717) is 0 Å². The quantitative estimate of drug-likeness (QED) is 0.663. The van der Waals surface area contributed by atoms with E-state index in [2.05, 4.69) is 10.4 Å². The Bertz CT molecular complexity index is 565. The van der Waals surface area contributed by atoms with Crippen LogP contribution in [0.15, 0.2) is 18.2 Å². The van der Waals surface area contributed by atoms with Crippen molar-refractivity contribution in [2.45, 2.75) is 26.8 Å². The highest BCUT2D eigenvalue weighted by atomic mass is 32.1. The average molecular weight is 265 g/mol. The molecule has 0 saturated carbocycles. The number of rotatable bonds is 3. The number of hydrogen-bond acceptors (Lipinski definition) is 4. The summed E-state index contributed by atoms with van der Waals surface area (Å²) in [6.07, 6.45) is 0. The van der Waals surface area contributed by atoms with Gasteiger partial charge in [-0.3, -0.25) is 5.84 Å². The molecule has 1 aromatic heterocycles. The second-order valence-corrected chi connectivity index (χ2v) is 5.52. The van der Waals surface area contributed by atoms with Crippen LogP contribution >= 0.6 is 11.3 Å². The molecule has 0 amide bonds. The topological polar surface area (TPSA) is 50.9 Å². The molecule has 0 fully saturated rings. The Kier molecular flexibility index (Phi) is 3.75. The molecule has 0 saturated heterocycles. The molecule has 3 nitrogen and oxygen atoms in total. The summed E-state index contributed by atoms with van der Waals surface area (Å²) in [6, 6.07) is 4.52. The molecule has 0 aliphatic heterocycles. The van der Waals surface area contributed by atoms with Crippen molar-refractivity contribution in [3.05, 3.63) is 50.7 Å². The molecule has 0 radical (unpaired) electrons. The molecule has 0 aliphatic carbocycles. The summed E-state index contributed by atoms with van der Waals surface area (Å²) >= 11 is 1.58. The average Bonchev–Trinajstić information content (AvgIpc) is 2.64. The summed E-state index contributed by atoms with van der Waals surface area (Å²) in [7, 11) is 0. The Hall–Kier alpha value is -1.30. The van der Waals surface area contributed by atoms with Crippen LogP contribution in [0.1, 0.15) is 32.7 Å². The van der Waals surface area contributed by atoms with Gasteiger partial charge in [-0.15, -0.1) is 11.3 Å². The molecule has 1 unspecified atom stereocenters. The zero-order valence-corrected chi connectivity index (χ0v) is 11.4. The number of thiazole rings is 1. The SMILES string of the molecule is Cc1nc(C)c(C(NN)c2cc(F)ccc2C)s1. The summed E-state index contributed by atoms with van der Waals surface area (Å²) in [4.78, 5) is 5.42. The van der Waals surface area contributed by atoms with Gasteiger partial charge in [-0.25, -0.2) is 14.8 Å². The Balaban J connectivity index is 2.51. The molecule has 3 N–H and O–H groups in total. The van der Waals surface area contributed by atoms with E-state index in [1.54, 1.807) is 17.4 Å². The number of nitrogens with two attached hydrogens (primary N) is 1. The lowest BCUT2D eigenvalue weighted by atomic mass is 9.99.